The number of rotatable bonds is 5. The zero-order valence-corrected chi connectivity index (χ0v) is 17.6. The van der Waals surface area contributed by atoms with Gasteiger partial charge in [-0.05, 0) is 0 Å². The average molecular weight is 746 g/mol. The summed E-state index contributed by atoms with van der Waals surface area (Å²) in [5, 5.41) is 59.2. The Morgan fingerprint density at radius 3 is 1.00 bits per heavy atom. The Morgan fingerprint density at radius 2 is 0.889 bits per heavy atom. The van der Waals surface area contributed by atoms with Crippen molar-refractivity contribution >= 4 is 305 Å². The molecule has 0 aromatic carbocycles. The van der Waals surface area contributed by atoms with Crippen LogP contribution in [-0.4, -0.2) is 360 Å². The van der Waals surface area contributed by atoms with Crippen LogP contribution in [0.5, 0.6) is 0 Å². The zero-order chi connectivity index (χ0) is 23.2. The van der Waals surface area contributed by atoms with E-state index in [2.05, 4.69) is 0 Å². The van der Waals surface area contributed by atoms with Crippen LogP contribution < -0.4 is 0 Å². The van der Waals surface area contributed by atoms with Crippen molar-refractivity contribution in [2.24, 2.45) is 0 Å². The molecule has 0 saturated heterocycles. The summed E-state index contributed by atoms with van der Waals surface area (Å²) < 4.78 is 17.8. The second kappa shape index (κ2) is 49.7. The molecule has 0 rings (SSSR count). The molecule has 17 nitrogen and oxygen atoms in total. The normalized spacial score (nSPS) is 11.3. The fourth-order valence-electron chi connectivity index (χ4n) is 0.668. The zero-order valence-electron chi connectivity index (χ0n) is 14.2. The maximum atomic E-state index is 10.1. The number of hydrogen-bond acceptors (Lipinski definition) is 9. The summed E-state index contributed by atoms with van der Waals surface area (Å²) in [4.78, 5) is 62.2. The van der Waals surface area contributed by atoms with Crippen molar-refractivity contribution in [3.63, 3.8) is 0 Å². The standard InChI is InChI=1S/C6H12O7.C2H4O2.Ca.2ClH.2K.Mg.3Na.2H3O4P.9H/c7-1-2(8)3(9)4(10)5(11)6(12)13;1-2(3)4;;;;;;;;;;2*1-5(2,3)4;;;;;;;;;/h2-5,7-11H,1H2,(H,12,13);1H3,(H,3,4);;2*1H;;;;;;;2*(H3,1,2,3,4);;;;;;;;;/t2-,3-,4+,5-;;;;;;;;;;;;;;;;;;;;;/m1...................../s1. The van der Waals surface area contributed by atoms with E-state index in [1.165, 1.54) is 0 Å². The molecule has 0 amide bonds. The van der Waals surface area contributed by atoms with Crippen molar-refractivity contribution in [2.45, 2.75) is 31.3 Å². The molecule has 0 unspecified atom stereocenters. The number of phosphoric acid groups is 2. The first kappa shape index (κ1) is 84.6. The van der Waals surface area contributed by atoms with Crippen LogP contribution in [0.4, 0.5) is 0 Å². The molecular formula is C8H33CaCl2K2MgNa3O17P2. The van der Waals surface area contributed by atoms with Gasteiger partial charge in [0.05, 0.1) is 6.61 Å². The van der Waals surface area contributed by atoms with Gasteiger partial charge in [-0.2, -0.15) is 0 Å². The fraction of sp³-hybridized carbons (Fsp3) is 0.750. The number of hydrogen-bond donors (Lipinski definition) is 13. The van der Waals surface area contributed by atoms with Gasteiger partial charge in [0.15, 0.2) is 6.10 Å². The van der Waals surface area contributed by atoms with Crippen LogP contribution in [0.25, 0.3) is 0 Å². The average Bonchev–Trinajstić information content (AvgIpc) is 2.39. The van der Waals surface area contributed by atoms with Crippen molar-refractivity contribution in [1.82, 2.24) is 0 Å². The summed E-state index contributed by atoms with van der Waals surface area (Å²) in [7, 11) is -9.28. The van der Waals surface area contributed by atoms with Gasteiger partial charge in [0.1, 0.15) is 18.3 Å². The van der Waals surface area contributed by atoms with Gasteiger partial charge in [-0.25, -0.2) is 13.9 Å². The number of aliphatic hydroxyl groups is 5. The van der Waals surface area contributed by atoms with Gasteiger partial charge in [-0.15, -0.1) is 24.8 Å². The van der Waals surface area contributed by atoms with Gasteiger partial charge >= 0.3 is 274 Å². The number of aliphatic hydroxyl groups excluding tert-OH is 5. The Hall–Kier alpha value is 7.84. The topological polar surface area (TPSA) is 331 Å². The molecule has 0 fully saturated rings. The van der Waals surface area contributed by atoms with Crippen LogP contribution in [-0.2, 0) is 18.7 Å². The minimum atomic E-state index is -4.64. The molecule has 4 atom stereocenters. The summed E-state index contributed by atoms with van der Waals surface area (Å²) in [6, 6.07) is 0. The fourth-order valence-corrected chi connectivity index (χ4v) is 0.668. The van der Waals surface area contributed by atoms with Crippen molar-refractivity contribution in [3.8, 4) is 0 Å². The minimum absolute atomic E-state index is 0. The first-order chi connectivity index (χ1) is 11.6. The number of carbonyl (C=O) groups is 2. The van der Waals surface area contributed by atoms with E-state index in [0.29, 0.717) is 0 Å². The van der Waals surface area contributed by atoms with Crippen LogP contribution in [0.1, 0.15) is 6.92 Å². The molecule has 0 spiro atoms. The van der Waals surface area contributed by atoms with Crippen molar-refractivity contribution in [1.29, 1.82) is 0 Å². The van der Waals surface area contributed by atoms with E-state index in [-0.39, 0.29) is 277 Å². The molecule has 0 aromatic heterocycles. The van der Waals surface area contributed by atoms with Gasteiger partial charge in [0.2, 0.25) is 0 Å². The first-order valence-electron chi connectivity index (χ1n) is 5.97. The Kier molecular flexibility index (Phi) is 117. The van der Waals surface area contributed by atoms with Crippen molar-refractivity contribution < 1.29 is 83.8 Å². The van der Waals surface area contributed by atoms with E-state index in [1.54, 1.807) is 0 Å². The predicted octanol–water partition coefficient (Wildman–Crippen LogP) is -9.49. The van der Waals surface area contributed by atoms with E-state index >= 15 is 0 Å². The SMILES string of the molecule is CC(=O)O.Cl.Cl.O=C(O)[C@H](O)[C@@H](O)[C@H](O)[C@H](O)CO.O=P(O)(O)O.O=P(O)(O)O.[CaH2].[KH].[KH].[MgH2].[NaH].[NaH].[NaH]. The van der Waals surface area contributed by atoms with E-state index in [4.69, 9.17) is 79.0 Å². The second-order valence-electron chi connectivity index (χ2n) is 4.06. The van der Waals surface area contributed by atoms with Gasteiger partial charge in [0.25, 0.3) is 5.97 Å². The van der Waals surface area contributed by atoms with Crippen LogP contribution >= 0.6 is 40.5 Å². The molecule has 200 valence electrons. The van der Waals surface area contributed by atoms with Crippen LogP contribution in [0.2, 0.25) is 0 Å². The predicted molar refractivity (Wildman–Crippen MR) is 148 cm³/mol. The third-order valence-corrected chi connectivity index (χ3v) is 1.51. The summed E-state index contributed by atoms with van der Waals surface area (Å²) in [6.45, 7) is 0.241. The molecule has 0 saturated carbocycles. The molecule has 0 bridgehead atoms. The van der Waals surface area contributed by atoms with Gasteiger partial charge in [-0.1, -0.05) is 0 Å². The molecule has 28 heteroatoms. The van der Waals surface area contributed by atoms with Gasteiger partial charge in [-0.3, -0.25) is 4.79 Å². The number of carboxylic acids is 2. The van der Waals surface area contributed by atoms with Gasteiger partial charge < -0.3 is 65.1 Å². The third-order valence-electron chi connectivity index (χ3n) is 1.51. The molecule has 0 aromatic rings. The summed E-state index contributed by atoms with van der Waals surface area (Å²) >= 11 is 0. The van der Waals surface area contributed by atoms with E-state index in [1.807, 2.05) is 0 Å². The van der Waals surface area contributed by atoms with Gasteiger partial charge in [0, 0.05) is 6.92 Å². The molecular weight excluding hydrogens is 712 g/mol. The summed E-state index contributed by atoms with van der Waals surface area (Å²) in [5.74, 6) is -2.56. The Balaban J connectivity index is -0.0000000183. The first-order valence-corrected chi connectivity index (χ1v) is 9.10. The molecule has 0 aliphatic carbocycles. The Bertz CT molecular complexity index is 504. The Morgan fingerprint density at radius 1 is 0.722 bits per heavy atom. The summed E-state index contributed by atoms with van der Waals surface area (Å²) in [5.41, 5.74) is 0. The van der Waals surface area contributed by atoms with E-state index in [9.17, 15) is 4.79 Å². The van der Waals surface area contributed by atoms with E-state index < -0.39 is 58.6 Å². The Labute approximate surface area is 416 Å². The molecule has 0 radical (unpaired) electrons. The van der Waals surface area contributed by atoms with Crippen molar-refractivity contribution in [3.05, 3.63) is 0 Å². The van der Waals surface area contributed by atoms with Crippen molar-refractivity contribution in [2.75, 3.05) is 6.61 Å². The van der Waals surface area contributed by atoms with Crippen LogP contribution in [0.3, 0.4) is 0 Å². The number of aliphatic carboxylic acids is 2. The third kappa shape index (κ3) is 105. The summed E-state index contributed by atoms with van der Waals surface area (Å²) in [6.07, 6.45) is -7.84. The maximum absolute atomic E-state index is 10.1. The quantitative estimate of drug-likeness (QED) is 0.0918. The van der Waals surface area contributed by atoms with E-state index in [0.717, 1.165) is 6.92 Å². The molecule has 0 heterocycles. The molecule has 0 aliphatic heterocycles. The second-order valence-corrected chi connectivity index (χ2v) is 6.11. The van der Waals surface area contributed by atoms with Crippen LogP contribution in [0.15, 0.2) is 0 Å². The monoisotopic (exact) mass is 744 g/mol. The number of carboxylic acid groups (broad SMARTS) is 2. The number of halogens is 2. The molecule has 13 N–H and O–H groups in total. The molecule has 36 heavy (non-hydrogen) atoms. The molecule has 0 aliphatic rings. The van der Waals surface area contributed by atoms with Crippen LogP contribution in [0, 0.1) is 0 Å².